The minimum atomic E-state index is -0.969. The molecule has 3 aromatic rings. The summed E-state index contributed by atoms with van der Waals surface area (Å²) in [7, 11) is 1.54. The number of nitrogens with one attached hydrogen (secondary N) is 1. The third-order valence-electron chi connectivity index (χ3n) is 6.87. The van der Waals surface area contributed by atoms with E-state index in [9.17, 15) is 19.5 Å². The van der Waals surface area contributed by atoms with E-state index >= 15 is 0 Å². The Balaban J connectivity index is 1.70. The molecule has 0 bridgehead atoms. The maximum absolute atomic E-state index is 13.4. The van der Waals surface area contributed by atoms with Gasteiger partial charge in [-0.15, -0.1) is 0 Å². The number of methoxy groups -OCH3 is 1. The van der Waals surface area contributed by atoms with Gasteiger partial charge in [-0.2, -0.15) is 0 Å². The fourth-order valence-electron chi connectivity index (χ4n) is 4.67. The summed E-state index contributed by atoms with van der Waals surface area (Å²) < 4.78 is 11.2. The monoisotopic (exact) mass is 588 g/mol. The lowest BCUT2D eigenvalue weighted by Gasteiger charge is -2.32. The van der Waals surface area contributed by atoms with Crippen LogP contribution in [-0.2, 0) is 20.8 Å². The van der Waals surface area contributed by atoms with Crippen LogP contribution >= 0.6 is 0 Å². The highest BCUT2D eigenvalue weighted by molar-refractivity contribution is 5.98. The topological polar surface area (TPSA) is 105 Å². The normalized spacial score (nSPS) is 12.0. The van der Waals surface area contributed by atoms with E-state index in [1.165, 1.54) is 0 Å². The number of anilines is 2. The van der Waals surface area contributed by atoms with Crippen LogP contribution in [0, 0.1) is 11.3 Å². The highest BCUT2D eigenvalue weighted by atomic mass is 16.5. The number of nitrogens with zero attached hydrogens (tertiary/aromatic N) is 1. The Kier molecular flexibility index (Phi) is 11.8. The Morgan fingerprint density at radius 1 is 0.953 bits per heavy atom. The maximum atomic E-state index is 13.4. The predicted octanol–water partition coefficient (Wildman–Crippen LogP) is 6.94. The number of para-hydroxylation sites is 1. The number of ether oxygens (including phenoxy) is 2. The number of benzene rings is 3. The van der Waals surface area contributed by atoms with Crippen LogP contribution < -0.4 is 19.7 Å². The van der Waals surface area contributed by atoms with E-state index in [2.05, 4.69) is 5.32 Å². The summed E-state index contributed by atoms with van der Waals surface area (Å²) in [6.45, 7) is 10.6. The fraction of sp³-hybridized carbons (Fsp3) is 0.400. The minimum absolute atomic E-state index is 0.0649. The van der Waals surface area contributed by atoms with E-state index in [0.717, 1.165) is 11.3 Å². The molecule has 0 radical (unpaired) electrons. The van der Waals surface area contributed by atoms with E-state index in [4.69, 9.17) is 9.47 Å². The number of aliphatic carboxylic acids is 1. The number of carboxylic acids is 1. The zero-order chi connectivity index (χ0) is 31.6. The average molecular weight is 589 g/mol. The van der Waals surface area contributed by atoms with Gasteiger partial charge in [-0.1, -0.05) is 71.0 Å². The van der Waals surface area contributed by atoms with Crippen LogP contribution in [0.5, 0.6) is 11.5 Å². The van der Waals surface area contributed by atoms with Crippen molar-refractivity contribution in [2.24, 2.45) is 11.3 Å². The summed E-state index contributed by atoms with van der Waals surface area (Å²) in [5, 5.41) is 13.1. The van der Waals surface area contributed by atoms with Crippen LogP contribution in [-0.4, -0.2) is 43.2 Å². The summed E-state index contributed by atoms with van der Waals surface area (Å²) in [5.41, 5.74) is 1.96. The Labute approximate surface area is 255 Å². The largest absolute Gasteiger partial charge is 0.495 e. The smallest absolute Gasteiger partial charge is 0.311 e. The van der Waals surface area contributed by atoms with Gasteiger partial charge in [0.1, 0.15) is 11.5 Å². The van der Waals surface area contributed by atoms with Gasteiger partial charge in [0, 0.05) is 24.1 Å². The lowest BCUT2D eigenvalue weighted by molar-refractivity contribution is -0.138. The molecule has 0 aliphatic carbocycles. The molecule has 8 heteroatoms. The molecule has 8 nitrogen and oxygen atoms in total. The predicted molar refractivity (Wildman–Crippen MR) is 170 cm³/mol. The van der Waals surface area contributed by atoms with E-state index in [-0.39, 0.29) is 24.2 Å². The molecule has 3 aromatic carbocycles. The summed E-state index contributed by atoms with van der Waals surface area (Å²) in [4.78, 5) is 40.0. The molecule has 1 unspecified atom stereocenters. The second-order valence-corrected chi connectivity index (χ2v) is 12.1. The molecular formula is C35H44N2O6. The average Bonchev–Trinajstić information content (AvgIpc) is 2.97. The highest BCUT2D eigenvalue weighted by Gasteiger charge is 2.31. The van der Waals surface area contributed by atoms with Gasteiger partial charge in [0.25, 0.3) is 0 Å². The Morgan fingerprint density at radius 2 is 1.63 bits per heavy atom. The molecule has 2 amide bonds. The van der Waals surface area contributed by atoms with Crippen molar-refractivity contribution in [1.29, 1.82) is 0 Å². The van der Waals surface area contributed by atoms with Gasteiger partial charge in [-0.3, -0.25) is 14.4 Å². The molecule has 3 rings (SSSR count). The second kappa shape index (κ2) is 15.2. The van der Waals surface area contributed by atoms with Crippen molar-refractivity contribution >= 4 is 29.2 Å². The lowest BCUT2D eigenvalue weighted by Crippen LogP contribution is -2.42. The number of carbonyl (C=O) groups is 3. The van der Waals surface area contributed by atoms with Crippen LogP contribution in [0.1, 0.15) is 64.5 Å². The summed E-state index contributed by atoms with van der Waals surface area (Å²) >= 11 is 0. The summed E-state index contributed by atoms with van der Waals surface area (Å²) in [6.07, 6.45) is 1.14. The van der Waals surface area contributed by atoms with E-state index < -0.39 is 17.3 Å². The molecule has 0 fully saturated rings. The molecular weight excluding hydrogens is 544 g/mol. The van der Waals surface area contributed by atoms with Crippen LogP contribution in [0.2, 0.25) is 0 Å². The van der Waals surface area contributed by atoms with Crippen LogP contribution in [0.25, 0.3) is 0 Å². The molecule has 0 aromatic heterocycles. The zero-order valence-corrected chi connectivity index (χ0v) is 26.1. The molecule has 0 heterocycles. The molecule has 1 atom stereocenters. The van der Waals surface area contributed by atoms with Crippen molar-refractivity contribution < 1.29 is 29.0 Å². The minimum Gasteiger partial charge on any atom is -0.495 e. The van der Waals surface area contributed by atoms with Crippen molar-refractivity contribution in [1.82, 2.24) is 0 Å². The van der Waals surface area contributed by atoms with E-state index in [1.807, 2.05) is 77.1 Å². The number of carboxylic acid groups (broad SMARTS) is 1. The molecule has 0 saturated carbocycles. The number of hydrogen-bond donors (Lipinski definition) is 2. The van der Waals surface area contributed by atoms with E-state index in [0.29, 0.717) is 48.7 Å². The summed E-state index contributed by atoms with van der Waals surface area (Å²) in [6, 6.07) is 21.9. The quantitative estimate of drug-likeness (QED) is 0.198. The van der Waals surface area contributed by atoms with Crippen LogP contribution in [0.15, 0.2) is 72.8 Å². The lowest BCUT2D eigenvalue weighted by atomic mass is 9.90. The molecule has 230 valence electrons. The first-order valence-electron chi connectivity index (χ1n) is 14.7. The van der Waals surface area contributed by atoms with Gasteiger partial charge in [0.2, 0.25) is 11.8 Å². The van der Waals surface area contributed by atoms with Crippen molar-refractivity contribution in [3.05, 3.63) is 83.9 Å². The molecule has 0 aliphatic rings. The van der Waals surface area contributed by atoms with Crippen molar-refractivity contribution in [3.63, 3.8) is 0 Å². The zero-order valence-electron chi connectivity index (χ0n) is 26.1. The number of amides is 2. The first kappa shape index (κ1) is 33.2. The fourth-order valence-corrected chi connectivity index (χ4v) is 4.67. The third kappa shape index (κ3) is 9.87. The van der Waals surface area contributed by atoms with Gasteiger partial charge in [-0.25, -0.2) is 0 Å². The number of rotatable bonds is 14. The van der Waals surface area contributed by atoms with Gasteiger partial charge in [0.05, 0.1) is 25.3 Å². The van der Waals surface area contributed by atoms with Gasteiger partial charge >= 0.3 is 5.97 Å². The van der Waals surface area contributed by atoms with Crippen LogP contribution in [0.4, 0.5) is 11.4 Å². The van der Waals surface area contributed by atoms with Gasteiger partial charge in [0.15, 0.2) is 0 Å². The van der Waals surface area contributed by atoms with Gasteiger partial charge in [-0.05, 0) is 66.3 Å². The molecule has 2 N–H and O–H groups in total. The summed E-state index contributed by atoms with van der Waals surface area (Å²) in [5.74, 6) is -0.520. The first-order chi connectivity index (χ1) is 20.4. The van der Waals surface area contributed by atoms with Crippen molar-refractivity contribution in [3.8, 4) is 11.5 Å². The SMILES string of the molecule is COc1ccc(C(Cc2ccc(NC(=O)CCCOc3ccccc3)cc2)C(=O)O)cc1N(CC(C)C)C(=O)C(C)(C)C. The number of hydrogen-bond acceptors (Lipinski definition) is 5. The molecule has 43 heavy (non-hydrogen) atoms. The van der Waals surface area contributed by atoms with E-state index in [1.54, 1.807) is 42.3 Å². The van der Waals surface area contributed by atoms with Crippen LogP contribution in [0.3, 0.4) is 0 Å². The standard InChI is InChI=1S/C35H44N2O6/c1-24(2)23-37(34(41)35(3,4)5)30-22-26(16-19-31(30)42-6)29(33(39)40)21-25-14-17-27(18-15-25)36-32(38)13-10-20-43-28-11-8-7-9-12-28/h7-9,11-12,14-19,22,24,29H,10,13,20-21,23H2,1-6H3,(H,36,38)(H,39,40). The van der Waals surface area contributed by atoms with Crippen molar-refractivity contribution in [2.45, 2.75) is 59.8 Å². The molecule has 0 spiro atoms. The molecule has 0 saturated heterocycles. The first-order valence-corrected chi connectivity index (χ1v) is 14.7. The van der Waals surface area contributed by atoms with Gasteiger partial charge < -0.3 is 24.8 Å². The third-order valence-corrected chi connectivity index (χ3v) is 6.87. The number of carbonyl (C=O) groups excluding carboxylic acids is 2. The Morgan fingerprint density at radius 3 is 2.21 bits per heavy atom. The molecule has 0 aliphatic heterocycles. The highest BCUT2D eigenvalue weighted by Crippen LogP contribution is 2.36. The maximum Gasteiger partial charge on any atom is 0.311 e. The Hall–Kier alpha value is -4.33. The Bertz CT molecular complexity index is 1360. The second-order valence-electron chi connectivity index (χ2n) is 12.1. The van der Waals surface area contributed by atoms with Crippen molar-refractivity contribution in [2.75, 3.05) is 30.5 Å².